The average molecular weight is 2050 g/mol. The van der Waals surface area contributed by atoms with E-state index in [4.69, 9.17) is 79.3 Å². The third-order valence-electron chi connectivity index (χ3n) is 24.9. The molecule has 804 valence electrons. The van der Waals surface area contributed by atoms with Crippen LogP contribution in [0.5, 0.6) is 0 Å². The topological polar surface area (TPSA) is 376 Å². The van der Waals surface area contributed by atoms with Crippen LogP contribution in [0.2, 0.25) is 45.3 Å². The number of alkyl carbamates (subject to hydrolysis) is 4. The van der Waals surface area contributed by atoms with Crippen LogP contribution in [0.25, 0.3) is 0 Å². The van der Waals surface area contributed by atoms with Gasteiger partial charge < -0.3 is 101 Å². The molecule has 0 heterocycles. The standard InChI is InChI=1S/C99H172F6N4O27Si3/c1-25-77(110)126-41-43-129-83(116)106-62-95(16)51-73(49-88(5,6)61-95)47-82(115)134-76(56-120-36-29-45-137(135-138(19,20)21)136-139(22,23)24)57-131-84(117)107-63-94(15)50-72(48-87(3,4)60-94)46-81(114)133-71-97(18,67-122-40-35-99(103,104)105)69-124-65-91(11,12)64-123-68-96(17,66-121-39-34-98(100,101)102)70-132-80(113)31-33-93(14)54-74(52-89(7,8)59-93)108-85(118)128-38-28-27-37-125-79(112)30-32-92(13)55-75(53-90(9,10)58-92)109-86(119)130-44-42-127-78(111)26-2/h25-26,72-76,137H,1-2,27-71H2,3-24H3,(H,106,116)(H,107,117)(H,108,118)(H,109,119). The summed E-state index contributed by atoms with van der Waals surface area (Å²) < 4.78 is 178. The van der Waals surface area contributed by atoms with Gasteiger partial charge in [-0.15, -0.1) is 0 Å². The highest BCUT2D eigenvalue weighted by molar-refractivity contribution is 6.81. The largest absolute Gasteiger partial charge is 0.466 e. The number of amides is 4. The van der Waals surface area contributed by atoms with E-state index in [0.717, 1.165) is 25.0 Å². The van der Waals surface area contributed by atoms with Crippen molar-refractivity contribution in [1.82, 2.24) is 21.3 Å². The summed E-state index contributed by atoms with van der Waals surface area (Å²) in [7, 11) is -5.89. The molecule has 4 rings (SSSR count). The molecule has 0 aromatic heterocycles. The number of unbranched alkanes of at least 4 members (excludes halogenated alkanes) is 1. The molecule has 11 atom stereocenters. The van der Waals surface area contributed by atoms with E-state index in [9.17, 15) is 74.3 Å². The first-order valence-corrected chi connectivity index (χ1v) is 57.9. The van der Waals surface area contributed by atoms with E-state index >= 15 is 0 Å². The smallest absolute Gasteiger partial charge is 0.407 e. The van der Waals surface area contributed by atoms with E-state index in [0.29, 0.717) is 109 Å². The molecule has 4 amide bonds. The van der Waals surface area contributed by atoms with Crippen molar-refractivity contribution in [3.8, 4) is 0 Å². The highest BCUT2D eigenvalue weighted by atomic mass is 28.4. The van der Waals surface area contributed by atoms with E-state index in [1.54, 1.807) is 13.8 Å². The van der Waals surface area contributed by atoms with Crippen molar-refractivity contribution in [3.05, 3.63) is 25.3 Å². The maximum absolute atomic E-state index is 14.1. The number of halogens is 6. The number of carbonyl (C=O) groups excluding carboxylic acids is 10. The molecule has 0 aliphatic heterocycles. The fourth-order valence-corrected chi connectivity index (χ4v) is 29.3. The minimum atomic E-state index is -4.51. The highest BCUT2D eigenvalue weighted by Crippen LogP contribution is 2.53. The number of carbonyl (C=O) groups is 10. The van der Waals surface area contributed by atoms with Crippen LogP contribution in [0.15, 0.2) is 25.3 Å². The molecule has 4 saturated carbocycles. The quantitative estimate of drug-likeness (QED) is 0.0110. The molecular formula is C99H172F6N4O27Si3. The lowest BCUT2D eigenvalue weighted by molar-refractivity contribution is -0.159. The zero-order valence-electron chi connectivity index (χ0n) is 87.6. The van der Waals surface area contributed by atoms with Crippen LogP contribution >= 0.6 is 0 Å². The second-order valence-corrected chi connectivity index (χ2v) is 59.4. The Balaban J connectivity index is 1.31. The number of esters is 6. The third kappa shape index (κ3) is 56.4. The molecule has 11 unspecified atom stereocenters. The van der Waals surface area contributed by atoms with Crippen molar-refractivity contribution in [2.45, 2.75) is 334 Å². The SMILES string of the molecule is C=CC(=O)OCCOC(=O)NCC1(C)CC(CC(=O)OC(COCCC[SiH](O[Si](C)(C)C)O[Si](C)(C)C)COC(=O)NCC2(C)CC(CC(=O)OCC(C)(COCCC(F)(F)F)COCC(C)(C)COCC(C)(COCCC(F)(F)F)COC(=O)CCC3(C)CC(NC(=O)OCCCCOC(=O)CCC4(C)CC(NC(=O)OCCOC(=O)C=C)CC(C)(C)C4)CC(C)(C)C3)CC(C)(C)C2)CC(C)(C)C1. The Hall–Kier alpha value is -6.67. The van der Waals surface area contributed by atoms with E-state index < -0.39 is 157 Å². The molecule has 0 saturated heterocycles. The van der Waals surface area contributed by atoms with Crippen LogP contribution in [0.4, 0.5) is 45.5 Å². The van der Waals surface area contributed by atoms with E-state index in [1.165, 1.54) is 0 Å². The summed E-state index contributed by atoms with van der Waals surface area (Å²) in [5, 5.41) is 11.7. The number of rotatable bonds is 62. The molecule has 4 aliphatic carbocycles. The highest BCUT2D eigenvalue weighted by Gasteiger charge is 2.48. The number of hydrogen-bond acceptors (Lipinski definition) is 27. The Morgan fingerprint density at radius 2 is 0.763 bits per heavy atom. The number of nitrogens with one attached hydrogen (secondary N) is 4. The Morgan fingerprint density at radius 3 is 1.19 bits per heavy atom. The molecule has 4 N–H and O–H groups in total. The first-order valence-electron chi connectivity index (χ1n) is 49.3. The van der Waals surface area contributed by atoms with E-state index in [1.807, 2.05) is 34.6 Å². The van der Waals surface area contributed by atoms with Crippen LogP contribution in [0.3, 0.4) is 0 Å². The van der Waals surface area contributed by atoms with Crippen LogP contribution in [-0.4, -0.2) is 255 Å². The second-order valence-electron chi connectivity index (χ2n) is 47.6. The van der Waals surface area contributed by atoms with Crippen molar-refractivity contribution >= 4 is 86.1 Å². The van der Waals surface area contributed by atoms with Gasteiger partial charge in [-0.05, 0) is 210 Å². The van der Waals surface area contributed by atoms with Crippen molar-refractivity contribution < 1.29 is 154 Å². The van der Waals surface area contributed by atoms with E-state index in [2.05, 4.69) is 136 Å². The van der Waals surface area contributed by atoms with Crippen LogP contribution in [0.1, 0.15) is 258 Å². The summed E-state index contributed by atoms with van der Waals surface area (Å²) >= 11 is 0. The molecular weight excluding hydrogens is 1880 g/mol. The molecule has 0 aromatic rings. The summed E-state index contributed by atoms with van der Waals surface area (Å²) in [5.74, 6) is -3.61. The van der Waals surface area contributed by atoms with Gasteiger partial charge in [-0.25, -0.2) is 28.8 Å². The van der Waals surface area contributed by atoms with Gasteiger partial charge in [0.05, 0.1) is 85.5 Å². The molecule has 0 bridgehead atoms. The average Bonchev–Trinajstić information content (AvgIpc) is 0.663. The fraction of sp³-hybridized carbons (Fsp3) is 0.859. The first kappa shape index (κ1) is 125. The maximum Gasteiger partial charge on any atom is 0.407 e. The summed E-state index contributed by atoms with van der Waals surface area (Å²) in [6.45, 7) is 48.7. The number of ether oxygens (including phenoxy) is 15. The van der Waals surface area contributed by atoms with Crippen molar-refractivity contribution in [3.63, 3.8) is 0 Å². The van der Waals surface area contributed by atoms with Crippen LogP contribution in [-0.2, 0) is 108 Å². The summed E-state index contributed by atoms with van der Waals surface area (Å²) in [4.78, 5) is 130. The van der Waals surface area contributed by atoms with Gasteiger partial charge in [-0.3, -0.25) is 19.2 Å². The van der Waals surface area contributed by atoms with Gasteiger partial charge in [0, 0.05) is 85.9 Å². The van der Waals surface area contributed by atoms with Gasteiger partial charge >= 0.3 is 81.8 Å². The predicted molar refractivity (Wildman–Crippen MR) is 518 cm³/mol. The molecule has 0 radical (unpaired) electrons. The predicted octanol–water partition coefficient (Wildman–Crippen LogP) is 19.2. The van der Waals surface area contributed by atoms with Gasteiger partial charge in [0.25, 0.3) is 0 Å². The second kappa shape index (κ2) is 56.1. The molecule has 0 aromatic carbocycles. The normalized spacial score (nSPS) is 23.6. The third-order valence-corrected chi connectivity index (χ3v) is 33.5. The lowest BCUT2D eigenvalue weighted by Gasteiger charge is -2.46. The minimum Gasteiger partial charge on any atom is -0.466 e. The molecule has 4 aliphatic rings. The van der Waals surface area contributed by atoms with Crippen LogP contribution < -0.4 is 21.3 Å². The lowest BCUT2D eigenvalue weighted by Crippen LogP contribution is -2.47. The van der Waals surface area contributed by atoms with Gasteiger partial charge in [-0.2, -0.15) is 26.3 Å². The Morgan fingerprint density at radius 1 is 0.388 bits per heavy atom. The molecule has 31 nitrogen and oxygen atoms in total. The Labute approximate surface area is 826 Å². The van der Waals surface area contributed by atoms with Gasteiger partial charge in [0.1, 0.15) is 46.2 Å². The van der Waals surface area contributed by atoms with Gasteiger partial charge in [0.2, 0.25) is 0 Å². The van der Waals surface area contributed by atoms with E-state index in [-0.39, 0.29) is 201 Å². The molecule has 139 heavy (non-hydrogen) atoms. The summed E-state index contributed by atoms with van der Waals surface area (Å²) in [6.07, 6.45) is -2.61. The first-order chi connectivity index (χ1) is 64.0. The maximum atomic E-state index is 14.1. The zero-order valence-corrected chi connectivity index (χ0v) is 90.8. The lowest BCUT2D eigenvalue weighted by atomic mass is 9.60. The Bertz CT molecular complexity index is 3850. The van der Waals surface area contributed by atoms with Crippen LogP contribution in [0, 0.1) is 71.4 Å². The number of hydrogen-bond donors (Lipinski definition) is 4. The zero-order chi connectivity index (χ0) is 105. The molecule has 40 heteroatoms. The minimum absolute atomic E-state index is 0.00699. The Kier molecular flexibility index (Phi) is 50.3. The van der Waals surface area contributed by atoms with Crippen molar-refractivity contribution in [1.29, 1.82) is 0 Å². The molecule has 4 fully saturated rings. The van der Waals surface area contributed by atoms with Gasteiger partial charge in [0.15, 0.2) is 22.7 Å². The summed E-state index contributed by atoms with van der Waals surface area (Å²) in [5.41, 5.74) is -5.71. The molecule has 0 spiro atoms. The van der Waals surface area contributed by atoms with Crippen molar-refractivity contribution in [2.75, 3.05) is 139 Å². The number of alkyl halides is 6. The summed E-state index contributed by atoms with van der Waals surface area (Å²) in [6, 6.07) is 0.208. The fourth-order valence-electron chi connectivity index (χ4n) is 20.9. The van der Waals surface area contributed by atoms with Crippen molar-refractivity contribution in [2.24, 2.45) is 71.4 Å². The monoisotopic (exact) mass is 2050 g/mol. The van der Waals surface area contributed by atoms with Gasteiger partial charge in [-0.1, -0.05) is 124 Å².